The van der Waals surface area contributed by atoms with Gasteiger partial charge >= 0.3 is 0 Å². The molecule has 0 saturated carbocycles. The number of fused-ring (bicyclic) bond motifs is 1. The number of hydrogen-bond donors (Lipinski definition) is 1. The van der Waals surface area contributed by atoms with E-state index in [1.54, 1.807) is 7.11 Å². The Morgan fingerprint density at radius 1 is 0.962 bits per heavy atom. The maximum Gasteiger partial charge on any atom is 0.161 e. The molecular weight excluding hydrogens is 392 g/mol. The van der Waals surface area contributed by atoms with Crippen LogP contribution in [-0.4, -0.2) is 17.1 Å². The van der Waals surface area contributed by atoms with E-state index in [1.165, 1.54) is 0 Å². The standard InChI is InChI=1S/C21H17BrN2O2/c1-25-20-12-15(21-23-17-7-2-3-8-18(17)24-21)9-10-19(20)26-13-14-5-4-6-16(22)11-14/h2-12H,13H2,1H3,(H,23,24). The number of H-pyrrole nitrogens is 1. The van der Waals surface area contributed by atoms with Crippen molar-refractivity contribution in [1.29, 1.82) is 0 Å². The van der Waals surface area contributed by atoms with E-state index in [1.807, 2.05) is 66.7 Å². The predicted molar refractivity (Wildman–Crippen MR) is 107 cm³/mol. The highest BCUT2D eigenvalue weighted by Gasteiger charge is 2.10. The van der Waals surface area contributed by atoms with Crippen molar-refractivity contribution in [2.24, 2.45) is 0 Å². The second kappa shape index (κ2) is 7.22. The molecule has 1 N–H and O–H groups in total. The van der Waals surface area contributed by atoms with E-state index in [0.29, 0.717) is 18.1 Å². The maximum atomic E-state index is 5.94. The second-order valence-corrected chi connectivity index (χ2v) is 6.80. The number of imidazole rings is 1. The van der Waals surface area contributed by atoms with Crippen LogP contribution >= 0.6 is 15.9 Å². The summed E-state index contributed by atoms with van der Waals surface area (Å²) in [6, 6.07) is 21.9. The smallest absolute Gasteiger partial charge is 0.161 e. The summed E-state index contributed by atoms with van der Waals surface area (Å²) in [5.41, 5.74) is 3.99. The first-order valence-corrected chi connectivity index (χ1v) is 9.02. The van der Waals surface area contributed by atoms with Crippen LogP contribution in [0.1, 0.15) is 5.56 Å². The highest BCUT2D eigenvalue weighted by Crippen LogP contribution is 2.33. The molecule has 0 saturated heterocycles. The minimum absolute atomic E-state index is 0.472. The molecule has 0 radical (unpaired) electrons. The summed E-state index contributed by atoms with van der Waals surface area (Å²) in [7, 11) is 1.64. The molecule has 1 heterocycles. The number of methoxy groups -OCH3 is 1. The largest absolute Gasteiger partial charge is 0.493 e. The number of halogens is 1. The Kier molecular flexibility index (Phi) is 4.63. The summed E-state index contributed by atoms with van der Waals surface area (Å²) in [5.74, 6) is 2.19. The zero-order valence-electron chi connectivity index (χ0n) is 14.2. The van der Waals surface area contributed by atoms with Crippen LogP contribution in [0.5, 0.6) is 11.5 Å². The number of nitrogens with one attached hydrogen (secondary N) is 1. The van der Waals surface area contributed by atoms with Gasteiger partial charge in [0.25, 0.3) is 0 Å². The van der Waals surface area contributed by atoms with Crippen LogP contribution in [0.2, 0.25) is 0 Å². The first kappa shape index (κ1) is 16.7. The fourth-order valence-electron chi connectivity index (χ4n) is 2.81. The van der Waals surface area contributed by atoms with Crippen LogP contribution in [0.4, 0.5) is 0 Å². The summed E-state index contributed by atoms with van der Waals surface area (Å²) in [6.07, 6.45) is 0. The van der Waals surface area contributed by atoms with Crippen LogP contribution in [-0.2, 0) is 6.61 Å². The topological polar surface area (TPSA) is 47.1 Å². The highest BCUT2D eigenvalue weighted by atomic mass is 79.9. The summed E-state index contributed by atoms with van der Waals surface area (Å²) in [4.78, 5) is 7.97. The van der Waals surface area contributed by atoms with Gasteiger partial charge in [-0.1, -0.05) is 40.2 Å². The lowest BCUT2D eigenvalue weighted by Crippen LogP contribution is -1.98. The number of benzene rings is 3. The number of para-hydroxylation sites is 2. The van der Waals surface area contributed by atoms with Crippen molar-refractivity contribution in [3.05, 3.63) is 76.8 Å². The van der Waals surface area contributed by atoms with Gasteiger partial charge in [-0.15, -0.1) is 0 Å². The lowest BCUT2D eigenvalue weighted by Gasteiger charge is -2.12. The number of aromatic nitrogens is 2. The lowest BCUT2D eigenvalue weighted by molar-refractivity contribution is 0.284. The molecule has 0 amide bonds. The van der Waals surface area contributed by atoms with Gasteiger partial charge in [-0.25, -0.2) is 4.98 Å². The quantitative estimate of drug-likeness (QED) is 0.468. The highest BCUT2D eigenvalue weighted by molar-refractivity contribution is 9.10. The van der Waals surface area contributed by atoms with E-state index in [0.717, 1.165) is 32.5 Å². The molecule has 1 aromatic heterocycles. The minimum atomic E-state index is 0.472. The molecule has 26 heavy (non-hydrogen) atoms. The van der Waals surface area contributed by atoms with Crippen LogP contribution in [0.15, 0.2) is 71.2 Å². The molecule has 0 aliphatic rings. The summed E-state index contributed by atoms with van der Waals surface area (Å²) >= 11 is 3.48. The van der Waals surface area contributed by atoms with Crippen molar-refractivity contribution in [3.8, 4) is 22.9 Å². The number of rotatable bonds is 5. The maximum absolute atomic E-state index is 5.94. The van der Waals surface area contributed by atoms with Crippen LogP contribution < -0.4 is 9.47 Å². The lowest BCUT2D eigenvalue weighted by atomic mass is 10.2. The Hall–Kier alpha value is -2.79. The van der Waals surface area contributed by atoms with Gasteiger partial charge in [0.05, 0.1) is 18.1 Å². The number of ether oxygens (including phenoxy) is 2. The molecule has 0 aliphatic heterocycles. The molecule has 0 aliphatic carbocycles. The fraction of sp³-hybridized carbons (Fsp3) is 0.0952. The Morgan fingerprint density at radius 3 is 2.65 bits per heavy atom. The molecule has 130 valence electrons. The van der Waals surface area contributed by atoms with Gasteiger partial charge in [-0.2, -0.15) is 0 Å². The SMILES string of the molecule is COc1cc(-c2nc3ccccc3[nH]2)ccc1OCc1cccc(Br)c1. The normalized spacial score (nSPS) is 10.8. The molecule has 4 aromatic rings. The van der Waals surface area contributed by atoms with Crippen LogP contribution in [0, 0.1) is 0 Å². The molecular formula is C21H17BrN2O2. The molecule has 5 heteroatoms. The van der Waals surface area contributed by atoms with E-state index in [2.05, 4.69) is 25.9 Å². The number of aromatic amines is 1. The molecule has 0 bridgehead atoms. The first-order valence-electron chi connectivity index (χ1n) is 8.23. The molecule has 0 fully saturated rings. The third kappa shape index (κ3) is 3.44. The van der Waals surface area contributed by atoms with Crippen molar-refractivity contribution in [3.63, 3.8) is 0 Å². The molecule has 4 rings (SSSR count). The summed E-state index contributed by atoms with van der Waals surface area (Å²) in [5, 5.41) is 0. The van der Waals surface area contributed by atoms with Crippen molar-refractivity contribution in [1.82, 2.24) is 9.97 Å². The van der Waals surface area contributed by atoms with Crippen molar-refractivity contribution in [2.75, 3.05) is 7.11 Å². The number of hydrogen-bond acceptors (Lipinski definition) is 3. The summed E-state index contributed by atoms with van der Waals surface area (Å²) in [6.45, 7) is 0.472. The zero-order chi connectivity index (χ0) is 17.9. The van der Waals surface area contributed by atoms with E-state index >= 15 is 0 Å². The Bertz CT molecular complexity index is 1030. The molecule has 4 nitrogen and oxygen atoms in total. The van der Waals surface area contributed by atoms with Gasteiger partial charge in [0.1, 0.15) is 12.4 Å². The van der Waals surface area contributed by atoms with Crippen LogP contribution in [0.25, 0.3) is 22.4 Å². The Labute approximate surface area is 159 Å². The predicted octanol–water partition coefficient (Wildman–Crippen LogP) is 5.58. The average Bonchev–Trinajstić information content (AvgIpc) is 3.10. The first-order chi connectivity index (χ1) is 12.7. The zero-order valence-corrected chi connectivity index (χ0v) is 15.8. The van der Waals surface area contributed by atoms with Gasteiger partial charge in [-0.05, 0) is 48.0 Å². The van der Waals surface area contributed by atoms with Gasteiger partial charge in [0.2, 0.25) is 0 Å². The molecule has 0 atom stereocenters. The van der Waals surface area contributed by atoms with Gasteiger partial charge in [0.15, 0.2) is 11.5 Å². The van der Waals surface area contributed by atoms with E-state index in [9.17, 15) is 0 Å². The summed E-state index contributed by atoms with van der Waals surface area (Å²) < 4.78 is 12.5. The Balaban J connectivity index is 1.59. The third-order valence-electron chi connectivity index (χ3n) is 4.11. The van der Waals surface area contributed by atoms with E-state index < -0.39 is 0 Å². The van der Waals surface area contributed by atoms with Crippen molar-refractivity contribution >= 4 is 27.0 Å². The van der Waals surface area contributed by atoms with Gasteiger partial charge in [0, 0.05) is 10.0 Å². The van der Waals surface area contributed by atoms with Crippen molar-refractivity contribution < 1.29 is 9.47 Å². The monoisotopic (exact) mass is 408 g/mol. The Morgan fingerprint density at radius 2 is 1.85 bits per heavy atom. The third-order valence-corrected chi connectivity index (χ3v) is 4.60. The number of nitrogens with zero attached hydrogens (tertiary/aromatic N) is 1. The van der Waals surface area contributed by atoms with E-state index in [-0.39, 0.29) is 0 Å². The second-order valence-electron chi connectivity index (χ2n) is 5.89. The fourth-order valence-corrected chi connectivity index (χ4v) is 3.26. The van der Waals surface area contributed by atoms with Gasteiger partial charge < -0.3 is 14.5 Å². The minimum Gasteiger partial charge on any atom is -0.493 e. The van der Waals surface area contributed by atoms with E-state index in [4.69, 9.17) is 9.47 Å². The molecule has 0 spiro atoms. The molecule has 3 aromatic carbocycles. The van der Waals surface area contributed by atoms with Crippen LogP contribution in [0.3, 0.4) is 0 Å². The van der Waals surface area contributed by atoms with Crippen molar-refractivity contribution in [2.45, 2.75) is 6.61 Å². The average molecular weight is 409 g/mol. The molecule has 0 unspecified atom stereocenters. The van der Waals surface area contributed by atoms with Gasteiger partial charge in [-0.3, -0.25) is 0 Å².